The molecule has 1 aromatic rings. The van der Waals surface area contributed by atoms with E-state index in [2.05, 4.69) is 10.6 Å². The van der Waals surface area contributed by atoms with Crippen LogP contribution in [0.2, 0.25) is 0 Å². The fourth-order valence-corrected chi connectivity index (χ4v) is 2.41. The first-order valence-corrected chi connectivity index (χ1v) is 8.08. The van der Waals surface area contributed by atoms with E-state index >= 15 is 0 Å². The number of rotatable bonds is 6. The van der Waals surface area contributed by atoms with Gasteiger partial charge in [0.1, 0.15) is 22.4 Å². The van der Waals surface area contributed by atoms with Crippen LogP contribution in [0.3, 0.4) is 0 Å². The monoisotopic (exact) mass is 309 g/mol. The summed E-state index contributed by atoms with van der Waals surface area (Å²) >= 11 is 0. The van der Waals surface area contributed by atoms with Gasteiger partial charge in [-0.2, -0.15) is 5.26 Å². The maximum atomic E-state index is 12.0. The van der Waals surface area contributed by atoms with Crippen LogP contribution in [-0.4, -0.2) is 44.8 Å². The summed E-state index contributed by atoms with van der Waals surface area (Å²) in [4.78, 5) is 23.8. The summed E-state index contributed by atoms with van der Waals surface area (Å²) in [5, 5.41) is 13.0. The van der Waals surface area contributed by atoms with Crippen molar-refractivity contribution in [1.29, 1.82) is 5.26 Å². The van der Waals surface area contributed by atoms with Crippen LogP contribution in [0.4, 0.5) is 0 Å². The number of amides is 2. The molecule has 0 aliphatic carbocycles. The average molecular weight is 309 g/mol. The summed E-state index contributed by atoms with van der Waals surface area (Å²) in [5.41, 5.74) is 0.309. The molecule has 2 N–H and O–H groups in total. The Bertz CT molecular complexity index is 650. The number of nitriles is 1. The molecular weight excluding hydrogens is 294 g/mol. The quantitative estimate of drug-likeness (QED) is 0.685. The molecule has 0 spiro atoms. The van der Waals surface area contributed by atoms with Crippen molar-refractivity contribution in [2.24, 2.45) is 0 Å². The number of sulfone groups is 1. The minimum Gasteiger partial charge on any atom is -0.341 e. The first kappa shape index (κ1) is 16.7. The molecule has 2 amide bonds. The van der Waals surface area contributed by atoms with Gasteiger partial charge in [0.2, 0.25) is 5.91 Å². The Morgan fingerprint density at radius 3 is 2.43 bits per heavy atom. The minimum absolute atomic E-state index is 0.264. The molecule has 1 rings (SSSR count). The van der Waals surface area contributed by atoms with Crippen molar-refractivity contribution in [3.63, 3.8) is 0 Å². The molecule has 0 aliphatic rings. The van der Waals surface area contributed by atoms with E-state index in [1.165, 1.54) is 0 Å². The molecule has 8 heteroatoms. The van der Waals surface area contributed by atoms with E-state index in [0.717, 1.165) is 6.26 Å². The van der Waals surface area contributed by atoms with Gasteiger partial charge in [0.25, 0.3) is 5.91 Å². The highest BCUT2D eigenvalue weighted by atomic mass is 32.2. The van der Waals surface area contributed by atoms with Crippen LogP contribution >= 0.6 is 0 Å². The summed E-state index contributed by atoms with van der Waals surface area (Å²) in [5.74, 6) is -1.81. The molecular formula is C13H15N3O4S. The lowest BCUT2D eigenvalue weighted by Crippen LogP contribution is -2.50. The topological polar surface area (TPSA) is 116 Å². The molecule has 112 valence electrons. The molecule has 1 unspecified atom stereocenters. The molecule has 0 aromatic heterocycles. The van der Waals surface area contributed by atoms with E-state index in [-0.39, 0.29) is 6.54 Å². The van der Waals surface area contributed by atoms with Crippen LogP contribution in [0.5, 0.6) is 0 Å². The highest BCUT2D eigenvalue weighted by molar-refractivity contribution is 7.90. The molecule has 0 saturated carbocycles. The highest BCUT2D eigenvalue weighted by Crippen LogP contribution is 2.00. The summed E-state index contributed by atoms with van der Waals surface area (Å²) < 4.78 is 22.7. The maximum Gasteiger partial charge on any atom is 0.251 e. The second-order valence-corrected chi connectivity index (χ2v) is 6.55. The van der Waals surface area contributed by atoms with E-state index in [4.69, 9.17) is 5.26 Å². The van der Waals surface area contributed by atoms with E-state index in [1.807, 2.05) is 0 Å². The van der Waals surface area contributed by atoms with Gasteiger partial charge in [0.05, 0.1) is 11.8 Å². The van der Waals surface area contributed by atoms with Gasteiger partial charge >= 0.3 is 0 Å². The minimum atomic E-state index is -3.48. The molecule has 0 aliphatic heterocycles. The van der Waals surface area contributed by atoms with Gasteiger partial charge in [-0.25, -0.2) is 8.42 Å². The zero-order valence-corrected chi connectivity index (χ0v) is 12.2. The molecule has 0 saturated heterocycles. The molecule has 7 nitrogen and oxygen atoms in total. The Hall–Kier alpha value is -2.40. The zero-order chi connectivity index (χ0) is 15.9. The number of hydrogen-bond acceptors (Lipinski definition) is 5. The van der Waals surface area contributed by atoms with Crippen LogP contribution in [-0.2, 0) is 14.6 Å². The SMILES string of the molecule is CS(=O)(=O)CC(NC(=O)c1ccccc1)C(=O)NCC#N. The number of hydrogen-bond donors (Lipinski definition) is 2. The normalized spacial score (nSPS) is 12.0. The third kappa shape index (κ3) is 6.05. The van der Waals surface area contributed by atoms with Gasteiger partial charge in [0, 0.05) is 11.8 Å². The number of nitrogens with one attached hydrogen (secondary N) is 2. The third-order valence-electron chi connectivity index (χ3n) is 2.47. The molecule has 21 heavy (non-hydrogen) atoms. The third-order valence-corrected chi connectivity index (χ3v) is 3.41. The fraction of sp³-hybridized carbons (Fsp3) is 0.308. The van der Waals surface area contributed by atoms with E-state index < -0.39 is 33.4 Å². The van der Waals surface area contributed by atoms with Crippen molar-refractivity contribution in [2.75, 3.05) is 18.6 Å². The summed E-state index contributed by atoms with van der Waals surface area (Å²) in [6.07, 6.45) is 0.965. The maximum absolute atomic E-state index is 12.0. The number of carbonyl (C=O) groups is 2. The molecule has 0 heterocycles. The van der Waals surface area contributed by atoms with Crippen LogP contribution < -0.4 is 10.6 Å². The zero-order valence-electron chi connectivity index (χ0n) is 11.4. The van der Waals surface area contributed by atoms with Crippen molar-refractivity contribution in [2.45, 2.75) is 6.04 Å². The average Bonchev–Trinajstić information content (AvgIpc) is 2.43. The van der Waals surface area contributed by atoms with Crippen LogP contribution in [0.25, 0.3) is 0 Å². The van der Waals surface area contributed by atoms with Gasteiger partial charge in [-0.05, 0) is 12.1 Å². The van der Waals surface area contributed by atoms with Gasteiger partial charge in [-0.1, -0.05) is 18.2 Å². The molecule has 0 radical (unpaired) electrons. The molecule has 1 atom stereocenters. The van der Waals surface area contributed by atoms with Crippen LogP contribution in [0.15, 0.2) is 30.3 Å². The standard InChI is InChI=1S/C13H15N3O4S/c1-21(19,20)9-11(13(18)15-8-7-14)16-12(17)10-5-3-2-4-6-10/h2-6,11H,8-9H2,1H3,(H,15,18)(H,16,17). The number of carbonyl (C=O) groups excluding carboxylic acids is 2. The van der Waals surface area contributed by atoms with Crippen molar-refractivity contribution in [3.05, 3.63) is 35.9 Å². The highest BCUT2D eigenvalue weighted by Gasteiger charge is 2.25. The molecule has 0 bridgehead atoms. The van der Waals surface area contributed by atoms with Crippen molar-refractivity contribution in [1.82, 2.24) is 10.6 Å². The Morgan fingerprint density at radius 2 is 1.90 bits per heavy atom. The van der Waals surface area contributed by atoms with Gasteiger partial charge < -0.3 is 10.6 Å². The Morgan fingerprint density at radius 1 is 1.29 bits per heavy atom. The van der Waals surface area contributed by atoms with E-state index in [0.29, 0.717) is 5.56 Å². The fourth-order valence-electron chi connectivity index (χ4n) is 1.57. The Balaban J connectivity index is 2.84. The summed E-state index contributed by atoms with van der Waals surface area (Å²) in [7, 11) is -3.48. The van der Waals surface area contributed by atoms with Crippen molar-refractivity contribution < 1.29 is 18.0 Å². The lowest BCUT2D eigenvalue weighted by atomic mass is 10.2. The van der Waals surface area contributed by atoms with Crippen molar-refractivity contribution >= 4 is 21.7 Å². The molecule has 1 aromatic carbocycles. The number of nitrogens with zero attached hydrogens (tertiary/aromatic N) is 1. The molecule has 0 fully saturated rings. The lowest BCUT2D eigenvalue weighted by molar-refractivity contribution is -0.122. The Kier molecular flexibility index (Phi) is 5.87. The largest absolute Gasteiger partial charge is 0.341 e. The van der Waals surface area contributed by atoms with Crippen LogP contribution in [0.1, 0.15) is 10.4 Å². The predicted molar refractivity (Wildman–Crippen MR) is 76.0 cm³/mol. The van der Waals surface area contributed by atoms with Crippen molar-refractivity contribution in [3.8, 4) is 6.07 Å². The van der Waals surface area contributed by atoms with Gasteiger partial charge in [-0.15, -0.1) is 0 Å². The predicted octanol–water partition coefficient (Wildman–Crippen LogP) is -0.531. The lowest BCUT2D eigenvalue weighted by Gasteiger charge is -2.16. The van der Waals surface area contributed by atoms with Crippen LogP contribution in [0, 0.1) is 11.3 Å². The van der Waals surface area contributed by atoms with Gasteiger partial charge in [-0.3, -0.25) is 9.59 Å². The first-order valence-electron chi connectivity index (χ1n) is 6.02. The second-order valence-electron chi connectivity index (χ2n) is 4.36. The smallest absolute Gasteiger partial charge is 0.251 e. The van der Waals surface area contributed by atoms with E-state index in [1.54, 1.807) is 36.4 Å². The second kappa shape index (κ2) is 7.40. The Labute approximate surface area is 122 Å². The van der Waals surface area contributed by atoms with Gasteiger partial charge in [0.15, 0.2) is 0 Å². The first-order chi connectivity index (χ1) is 9.83. The number of benzene rings is 1. The summed E-state index contributed by atoms with van der Waals surface area (Å²) in [6, 6.07) is 8.57. The van der Waals surface area contributed by atoms with E-state index in [9.17, 15) is 18.0 Å². The summed E-state index contributed by atoms with van der Waals surface area (Å²) in [6.45, 7) is -0.264.